The zero-order valence-corrected chi connectivity index (χ0v) is 21.8. The maximum atomic E-state index is 14.5. The van der Waals surface area contributed by atoms with Gasteiger partial charge in [-0.1, -0.05) is 12.1 Å². The van der Waals surface area contributed by atoms with Gasteiger partial charge >= 0.3 is 6.18 Å². The number of benzene rings is 1. The quantitative estimate of drug-likeness (QED) is 0.519. The van der Waals surface area contributed by atoms with E-state index in [-0.39, 0.29) is 16.5 Å². The molecule has 39 heavy (non-hydrogen) atoms. The van der Waals surface area contributed by atoms with Crippen molar-refractivity contribution in [2.45, 2.75) is 49.3 Å². The summed E-state index contributed by atoms with van der Waals surface area (Å²) >= 11 is 0. The van der Waals surface area contributed by atoms with E-state index in [4.69, 9.17) is 5.73 Å². The third-order valence-electron chi connectivity index (χ3n) is 6.07. The molecule has 0 fully saturated rings. The number of fused-ring (bicyclic) bond motifs is 1. The van der Waals surface area contributed by atoms with Crippen molar-refractivity contribution in [3.05, 3.63) is 65.5 Å². The SMILES string of the molecule is CC(C)N(C)S(=O)(=O)c1ccccc1C(N)=O.O=C1C=C2C(=CC(=O)N2C2N=CC=CN2)C(F)(C(F)(F)F)C1. The van der Waals surface area contributed by atoms with E-state index in [1.54, 1.807) is 26.0 Å². The number of allylic oxidation sites excluding steroid dienone is 3. The van der Waals surface area contributed by atoms with Crippen LogP contribution in [0.3, 0.4) is 0 Å². The number of carbonyl (C=O) groups excluding carboxylic acids is 3. The molecule has 2 aliphatic heterocycles. The van der Waals surface area contributed by atoms with Gasteiger partial charge in [0.1, 0.15) is 0 Å². The first kappa shape index (κ1) is 29.7. The van der Waals surface area contributed by atoms with Crippen LogP contribution in [0.15, 0.2) is 69.9 Å². The molecule has 10 nitrogen and oxygen atoms in total. The van der Waals surface area contributed by atoms with Gasteiger partial charge in [0.05, 0.1) is 22.6 Å². The number of nitrogens with two attached hydrogens (primary N) is 1. The van der Waals surface area contributed by atoms with E-state index >= 15 is 0 Å². The molecular weight excluding hydrogens is 546 g/mol. The summed E-state index contributed by atoms with van der Waals surface area (Å²) in [6.45, 7) is 3.51. The first-order chi connectivity index (χ1) is 18.0. The van der Waals surface area contributed by atoms with Gasteiger partial charge in [0, 0.05) is 43.2 Å². The number of carbonyl (C=O) groups is 3. The van der Waals surface area contributed by atoms with Gasteiger partial charge in [-0.25, -0.2) is 17.8 Å². The molecule has 0 radical (unpaired) electrons. The number of hydrogen-bond donors (Lipinski definition) is 2. The Labute approximate surface area is 221 Å². The van der Waals surface area contributed by atoms with Crippen molar-refractivity contribution in [2.24, 2.45) is 10.7 Å². The summed E-state index contributed by atoms with van der Waals surface area (Å²) < 4.78 is 79.3. The summed E-state index contributed by atoms with van der Waals surface area (Å²) in [5.74, 6) is -2.66. The lowest BCUT2D eigenvalue weighted by Crippen LogP contribution is -2.49. The lowest BCUT2D eigenvalue weighted by Gasteiger charge is -2.35. The minimum Gasteiger partial charge on any atom is -0.366 e. The van der Waals surface area contributed by atoms with E-state index in [0.717, 1.165) is 11.0 Å². The molecule has 2 amide bonds. The molecule has 0 spiro atoms. The topological polar surface area (TPSA) is 142 Å². The van der Waals surface area contributed by atoms with Gasteiger partial charge < -0.3 is 11.1 Å². The van der Waals surface area contributed by atoms with E-state index < -0.39 is 63.4 Å². The number of primary amides is 1. The zero-order valence-electron chi connectivity index (χ0n) is 20.9. The Bertz CT molecular complexity index is 1420. The summed E-state index contributed by atoms with van der Waals surface area (Å²) in [7, 11) is -2.21. The minimum atomic E-state index is -5.30. The molecule has 0 bridgehead atoms. The van der Waals surface area contributed by atoms with Gasteiger partial charge in [-0.3, -0.25) is 19.3 Å². The van der Waals surface area contributed by atoms with Crippen LogP contribution in [0.2, 0.25) is 0 Å². The zero-order chi connectivity index (χ0) is 29.3. The van der Waals surface area contributed by atoms with Crippen LogP contribution in [-0.2, 0) is 19.6 Å². The molecule has 2 heterocycles. The first-order valence-electron chi connectivity index (χ1n) is 11.4. The van der Waals surface area contributed by atoms with Gasteiger partial charge in [0.2, 0.25) is 27.9 Å². The van der Waals surface area contributed by atoms with Crippen LogP contribution in [-0.4, -0.2) is 72.7 Å². The average Bonchev–Trinajstić information content (AvgIpc) is 3.19. The lowest BCUT2D eigenvalue weighted by molar-refractivity contribution is -0.217. The summed E-state index contributed by atoms with van der Waals surface area (Å²) in [4.78, 5) is 39.4. The molecule has 0 saturated carbocycles. The molecular formula is C24H25F4N5O5S. The van der Waals surface area contributed by atoms with Gasteiger partial charge in [-0.15, -0.1) is 0 Å². The molecule has 4 rings (SSSR count). The fourth-order valence-corrected chi connectivity index (χ4v) is 5.41. The highest BCUT2D eigenvalue weighted by Gasteiger charge is 2.63. The first-order valence-corrected chi connectivity index (χ1v) is 12.8. The Morgan fingerprint density at radius 1 is 1.23 bits per heavy atom. The largest absolute Gasteiger partial charge is 0.427 e. The minimum absolute atomic E-state index is 0.0139. The Morgan fingerprint density at radius 3 is 2.41 bits per heavy atom. The summed E-state index contributed by atoms with van der Waals surface area (Å²) in [5.41, 5.74) is 0.0494. The number of nitrogens with zero attached hydrogens (tertiary/aromatic N) is 3. The normalized spacial score (nSPS) is 22.7. The average molecular weight is 572 g/mol. The van der Waals surface area contributed by atoms with Crippen LogP contribution in [0.5, 0.6) is 0 Å². The maximum absolute atomic E-state index is 14.5. The second-order valence-corrected chi connectivity index (χ2v) is 10.9. The van der Waals surface area contributed by atoms with E-state index in [0.29, 0.717) is 6.08 Å². The predicted octanol–water partition coefficient (Wildman–Crippen LogP) is 2.17. The molecule has 3 aliphatic rings. The molecule has 1 aliphatic carbocycles. The molecule has 1 aromatic rings. The second-order valence-electron chi connectivity index (χ2n) is 8.91. The highest BCUT2D eigenvalue weighted by atomic mass is 32.2. The Kier molecular flexibility index (Phi) is 8.17. The molecule has 3 N–H and O–H groups in total. The van der Waals surface area contributed by atoms with Gasteiger partial charge in [-0.05, 0) is 32.1 Å². The monoisotopic (exact) mass is 571 g/mol. The van der Waals surface area contributed by atoms with Crippen LogP contribution in [0.4, 0.5) is 17.6 Å². The Balaban J connectivity index is 0.000000224. The van der Waals surface area contributed by atoms with Crippen molar-refractivity contribution in [3.63, 3.8) is 0 Å². The molecule has 0 saturated heterocycles. The number of amides is 2. The standard InChI is InChI=1S/C13H9F4N3O2.C11H16N2O3S/c14-12(13(15,16)17)6-7(21)4-9-8(12)5-10(22)20(9)11-18-2-1-3-19-11;1-8(2)13(3)17(15,16)10-7-5-4-6-9(10)11(12)14/h1-5,11,18H,6H2;4-8H,1-3H3,(H2,12,14). The van der Waals surface area contributed by atoms with E-state index in [9.17, 15) is 40.4 Å². The Morgan fingerprint density at radius 2 is 1.87 bits per heavy atom. The van der Waals surface area contributed by atoms with Crippen molar-refractivity contribution in [3.8, 4) is 0 Å². The molecule has 2 unspecified atom stereocenters. The van der Waals surface area contributed by atoms with Crippen molar-refractivity contribution in [1.29, 1.82) is 0 Å². The third-order valence-corrected chi connectivity index (χ3v) is 8.16. The number of alkyl halides is 4. The molecule has 210 valence electrons. The smallest absolute Gasteiger partial charge is 0.366 e. The number of ketones is 1. The van der Waals surface area contributed by atoms with Crippen LogP contribution < -0.4 is 11.1 Å². The molecule has 1 aromatic carbocycles. The van der Waals surface area contributed by atoms with Crippen molar-refractivity contribution in [2.75, 3.05) is 7.05 Å². The second kappa shape index (κ2) is 10.7. The fourth-order valence-electron chi connectivity index (χ4n) is 3.85. The molecule has 2 atom stereocenters. The number of rotatable bonds is 5. The van der Waals surface area contributed by atoms with Gasteiger partial charge in [0.25, 0.3) is 5.91 Å². The van der Waals surface area contributed by atoms with E-state index in [1.807, 2.05) is 0 Å². The molecule has 0 aromatic heterocycles. The number of hydrogen-bond acceptors (Lipinski definition) is 7. The number of nitrogens with one attached hydrogen (secondary N) is 1. The Hall–Kier alpha value is -3.85. The van der Waals surface area contributed by atoms with Gasteiger partial charge in [0.15, 0.2) is 5.78 Å². The highest BCUT2D eigenvalue weighted by molar-refractivity contribution is 7.89. The van der Waals surface area contributed by atoms with Crippen molar-refractivity contribution < 1.29 is 40.4 Å². The highest BCUT2D eigenvalue weighted by Crippen LogP contribution is 2.50. The van der Waals surface area contributed by atoms with E-state index in [2.05, 4.69) is 10.3 Å². The lowest BCUT2D eigenvalue weighted by atomic mass is 9.83. The number of aliphatic imine (C=N–C) groups is 1. The van der Waals surface area contributed by atoms with E-state index in [1.165, 1.54) is 42.0 Å². The summed E-state index contributed by atoms with van der Waals surface area (Å²) in [6, 6.07) is 5.74. The summed E-state index contributed by atoms with van der Waals surface area (Å²) in [5, 5.41) is 2.64. The van der Waals surface area contributed by atoms with Crippen molar-refractivity contribution in [1.82, 2.24) is 14.5 Å². The third kappa shape index (κ3) is 5.63. The predicted molar refractivity (Wildman–Crippen MR) is 132 cm³/mol. The number of halogens is 4. The number of sulfonamides is 1. The van der Waals surface area contributed by atoms with Crippen LogP contribution in [0.1, 0.15) is 30.6 Å². The summed E-state index contributed by atoms with van der Waals surface area (Å²) in [6.07, 6.45) is -1.99. The van der Waals surface area contributed by atoms with Gasteiger partial charge in [-0.2, -0.15) is 17.5 Å². The van der Waals surface area contributed by atoms with Crippen LogP contribution in [0.25, 0.3) is 0 Å². The van der Waals surface area contributed by atoms with Crippen LogP contribution >= 0.6 is 0 Å². The van der Waals surface area contributed by atoms with Crippen molar-refractivity contribution >= 4 is 33.8 Å². The van der Waals surface area contributed by atoms with Crippen LogP contribution in [0, 0.1) is 0 Å². The fraction of sp³-hybridized carbons (Fsp3) is 0.333. The molecule has 15 heteroatoms. The maximum Gasteiger partial charge on any atom is 0.427 e.